The third-order valence-corrected chi connectivity index (χ3v) is 2.57. The summed E-state index contributed by atoms with van der Waals surface area (Å²) in [4.78, 5) is 3.82. The van der Waals surface area contributed by atoms with Gasteiger partial charge in [-0.1, -0.05) is 19.3 Å². The average Bonchev–Trinajstić information content (AvgIpc) is 2.58. The van der Waals surface area contributed by atoms with E-state index in [4.69, 9.17) is 4.42 Å². The first-order valence-electron chi connectivity index (χ1n) is 4.43. The molecule has 66 valence electrons. The van der Waals surface area contributed by atoms with Crippen molar-refractivity contribution in [3.8, 4) is 0 Å². The standard InChI is InChI=1S/C9H13NO2/c11-9(4-2-1-3-5-9)8-6-10-7-12-8/h6-7,11H,1-5H2. The lowest BCUT2D eigenvalue weighted by atomic mass is 9.83. The van der Waals surface area contributed by atoms with Crippen LogP contribution in [0.15, 0.2) is 17.0 Å². The highest BCUT2D eigenvalue weighted by Gasteiger charge is 2.33. The Hall–Kier alpha value is -0.830. The van der Waals surface area contributed by atoms with E-state index in [1.807, 2.05) is 0 Å². The summed E-state index contributed by atoms with van der Waals surface area (Å²) in [6.07, 6.45) is 7.99. The highest BCUT2D eigenvalue weighted by atomic mass is 16.4. The molecule has 1 N–H and O–H groups in total. The highest BCUT2D eigenvalue weighted by molar-refractivity contribution is 5.04. The first-order chi connectivity index (χ1) is 5.81. The number of nitrogens with zero attached hydrogens (tertiary/aromatic N) is 1. The minimum Gasteiger partial charge on any atom is -0.445 e. The molecule has 1 heterocycles. The minimum absolute atomic E-state index is 0.627. The summed E-state index contributed by atoms with van der Waals surface area (Å²) in [5.74, 6) is 0.627. The maximum absolute atomic E-state index is 10.1. The molecule has 1 aliphatic carbocycles. The maximum atomic E-state index is 10.1. The van der Waals surface area contributed by atoms with Gasteiger partial charge in [-0.05, 0) is 12.8 Å². The summed E-state index contributed by atoms with van der Waals surface area (Å²) < 4.78 is 5.11. The van der Waals surface area contributed by atoms with Crippen molar-refractivity contribution in [2.24, 2.45) is 0 Å². The monoisotopic (exact) mass is 167 g/mol. The topological polar surface area (TPSA) is 46.3 Å². The fourth-order valence-electron chi connectivity index (χ4n) is 1.83. The Morgan fingerprint density at radius 3 is 2.67 bits per heavy atom. The van der Waals surface area contributed by atoms with Crippen LogP contribution in [0.3, 0.4) is 0 Å². The zero-order valence-electron chi connectivity index (χ0n) is 6.99. The van der Waals surface area contributed by atoms with E-state index in [1.54, 1.807) is 6.20 Å². The van der Waals surface area contributed by atoms with Crippen LogP contribution in [-0.4, -0.2) is 10.1 Å². The van der Waals surface area contributed by atoms with E-state index in [0.717, 1.165) is 25.7 Å². The van der Waals surface area contributed by atoms with Gasteiger partial charge in [0, 0.05) is 0 Å². The molecule has 0 unspecified atom stereocenters. The summed E-state index contributed by atoms with van der Waals surface area (Å²) in [6, 6.07) is 0. The van der Waals surface area contributed by atoms with Crippen molar-refractivity contribution in [2.45, 2.75) is 37.7 Å². The van der Waals surface area contributed by atoms with Gasteiger partial charge < -0.3 is 9.52 Å². The minimum atomic E-state index is -0.727. The predicted octanol–water partition coefficient (Wildman–Crippen LogP) is 1.83. The third kappa shape index (κ3) is 1.25. The SMILES string of the molecule is OC1(c2cnco2)CCCCC1. The summed E-state index contributed by atoms with van der Waals surface area (Å²) in [5.41, 5.74) is -0.727. The fraction of sp³-hybridized carbons (Fsp3) is 0.667. The van der Waals surface area contributed by atoms with Crippen molar-refractivity contribution in [3.05, 3.63) is 18.4 Å². The molecule has 1 aromatic heterocycles. The van der Waals surface area contributed by atoms with Crippen molar-refractivity contribution in [3.63, 3.8) is 0 Å². The molecule has 0 amide bonds. The van der Waals surface area contributed by atoms with Gasteiger partial charge in [0.05, 0.1) is 6.20 Å². The van der Waals surface area contributed by atoms with Gasteiger partial charge in [0.1, 0.15) is 5.60 Å². The van der Waals surface area contributed by atoms with E-state index in [2.05, 4.69) is 4.98 Å². The normalized spacial score (nSPS) is 22.4. The second kappa shape index (κ2) is 2.90. The van der Waals surface area contributed by atoms with Gasteiger partial charge in [-0.3, -0.25) is 0 Å². The van der Waals surface area contributed by atoms with Gasteiger partial charge >= 0.3 is 0 Å². The Kier molecular flexibility index (Phi) is 1.89. The second-order valence-electron chi connectivity index (χ2n) is 3.46. The third-order valence-electron chi connectivity index (χ3n) is 2.57. The molecule has 0 atom stereocenters. The molecule has 12 heavy (non-hydrogen) atoms. The van der Waals surface area contributed by atoms with E-state index >= 15 is 0 Å². The van der Waals surface area contributed by atoms with E-state index < -0.39 is 5.60 Å². The number of rotatable bonds is 1. The van der Waals surface area contributed by atoms with Gasteiger partial charge in [-0.15, -0.1) is 0 Å². The molecule has 1 aromatic rings. The van der Waals surface area contributed by atoms with Crippen LogP contribution < -0.4 is 0 Å². The lowest BCUT2D eigenvalue weighted by Gasteiger charge is -2.29. The van der Waals surface area contributed by atoms with Gasteiger partial charge in [-0.25, -0.2) is 4.98 Å². The van der Waals surface area contributed by atoms with Crippen LogP contribution in [0.25, 0.3) is 0 Å². The molecule has 3 heteroatoms. The molecule has 0 aromatic carbocycles. The summed E-state index contributed by atoms with van der Waals surface area (Å²) in [7, 11) is 0. The van der Waals surface area contributed by atoms with Crippen molar-refractivity contribution < 1.29 is 9.52 Å². The molecule has 0 saturated heterocycles. The Morgan fingerprint density at radius 1 is 1.33 bits per heavy atom. The first kappa shape index (κ1) is 7.80. The van der Waals surface area contributed by atoms with Crippen molar-refractivity contribution in [2.75, 3.05) is 0 Å². The second-order valence-corrected chi connectivity index (χ2v) is 3.46. The van der Waals surface area contributed by atoms with Gasteiger partial charge in [0.15, 0.2) is 12.2 Å². The predicted molar refractivity (Wildman–Crippen MR) is 43.5 cm³/mol. The van der Waals surface area contributed by atoms with Crippen LogP contribution in [0.2, 0.25) is 0 Å². The van der Waals surface area contributed by atoms with E-state index in [9.17, 15) is 5.11 Å². The van der Waals surface area contributed by atoms with E-state index in [-0.39, 0.29) is 0 Å². The van der Waals surface area contributed by atoms with Gasteiger partial charge in [-0.2, -0.15) is 0 Å². The zero-order chi connectivity index (χ0) is 8.44. The largest absolute Gasteiger partial charge is 0.445 e. The molecule has 0 aliphatic heterocycles. The van der Waals surface area contributed by atoms with Gasteiger partial charge in [0.2, 0.25) is 0 Å². The number of aromatic nitrogens is 1. The van der Waals surface area contributed by atoms with Crippen LogP contribution >= 0.6 is 0 Å². The Balaban J connectivity index is 2.19. The average molecular weight is 167 g/mol. The molecule has 1 aliphatic rings. The Bertz CT molecular complexity index is 237. The molecule has 1 saturated carbocycles. The van der Waals surface area contributed by atoms with Crippen molar-refractivity contribution >= 4 is 0 Å². The lowest BCUT2D eigenvalue weighted by Crippen LogP contribution is -2.27. The van der Waals surface area contributed by atoms with Gasteiger partial charge in [0.25, 0.3) is 0 Å². The van der Waals surface area contributed by atoms with Crippen molar-refractivity contribution in [1.29, 1.82) is 0 Å². The number of aliphatic hydroxyl groups is 1. The maximum Gasteiger partial charge on any atom is 0.181 e. The molecule has 0 spiro atoms. The molecule has 0 radical (unpaired) electrons. The van der Waals surface area contributed by atoms with E-state index in [0.29, 0.717) is 5.76 Å². The smallest absolute Gasteiger partial charge is 0.181 e. The number of hydrogen-bond acceptors (Lipinski definition) is 3. The van der Waals surface area contributed by atoms with Crippen LogP contribution in [0.5, 0.6) is 0 Å². The molecule has 1 fully saturated rings. The van der Waals surface area contributed by atoms with Crippen LogP contribution in [0.1, 0.15) is 37.9 Å². The Morgan fingerprint density at radius 2 is 2.08 bits per heavy atom. The highest BCUT2D eigenvalue weighted by Crippen LogP contribution is 2.36. The summed E-state index contributed by atoms with van der Waals surface area (Å²) >= 11 is 0. The Labute approximate surface area is 71.4 Å². The molecular weight excluding hydrogens is 154 g/mol. The van der Waals surface area contributed by atoms with E-state index in [1.165, 1.54) is 12.8 Å². The number of hydrogen-bond donors (Lipinski definition) is 1. The molecule has 0 bridgehead atoms. The van der Waals surface area contributed by atoms with Crippen LogP contribution in [0.4, 0.5) is 0 Å². The first-order valence-corrected chi connectivity index (χ1v) is 4.43. The zero-order valence-corrected chi connectivity index (χ0v) is 6.99. The van der Waals surface area contributed by atoms with Crippen molar-refractivity contribution in [1.82, 2.24) is 4.98 Å². The van der Waals surface area contributed by atoms with Crippen LogP contribution in [-0.2, 0) is 5.60 Å². The van der Waals surface area contributed by atoms with Crippen LogP contribution in [0, 0.1) is 0 Å². The lowest BCUT2D eigenvalue weighted by molar-refractivity contribution is -0.0198. The molecular formula is C9H13NO2. The molecule has 2 rings (SSSR count). The molecule has 3 nitrogen and oxygen atoms in total. The quantitative estimate of drug-likeness (QED) is 0.694. The fourth-order valence-corrected chi connectivity index (χ4v) is 1.83. The summed E-state index contributed by atoms with van der Waals surface area (Å²) in [5, 5.41) is 10.1. The summed E-state index contributed by atoms with van der Waals surface area (Å²) in [6.45, 7) is 0. The number of oxazole rings is 1.